The molecule has 0 amide bonds. The van der Waals surface area contributed by atoms with Crippen molar-refractivity contribution in [3.05, 3.63) is 182 Å². The molecule has 2 heterocycles. The van der Waals surface area contributed by atoms with E-state index in [4.69, 9.17) is 4.42 Å². The second kappa shape index (κ2) is 11.0. The highest BCUT2D eigenvalue weighted by Crippen LogP contribution is 2.43. The highest BCUT2D eigenvalue weighted by molar-refractivity contribution is 6.19. The summed E-state index contributed by atoms with van der Waals surface area (Å²) in [7, 11) is 0. The van der Waals surface area contributed by atoms with Crippen LogP contribution in [-0.2, 0) is 0 Å². The number of benzene rings is 8. The number of aromatic nitrogens is 1. The van der Waals surface area contributed by atoms with Crippen molar-refractivity contribution in [1.82, 2.24) is 4.57 Å². The van der Waals surface area contributed by atoms with Gasteiger partial charge in [-0.15, -0.1) is 0 Å². The van der Waals surface area contributed by atoms with Crippen LogP contribution >= 0.6 is 0 Å². The predicted molar refractivity (Wildman–Crippen MR) is 206 cm³/mol. The van der Waals surface area contributed by atoms with Crippen molar-refractivity contribution in [2.75, 3.05) is 4.90 Å². The summed E-state index contributed by atoms with van der Waals surface area (Å²) in [5.74, 6) is 0. The van der Waals surface area contributed by atoms with E-state index < -0.39 is 0 Å². The Labute approximate surface area is 283 Å². The van der Waals surface area contributed by atoms with Gasteiger partial charge in [0, 0.05) is 44.0 Å². The SMILES string of the molecule is c1ccc(N(c2ccc(-c3ccc4c5ccc6ccccc6c5n(-c5ccccc5)c4c3)cc2)c2cccc3c2oc2ccccc23)cc1. The molecule has 3 nitrogen and oxygen atoms in total. The van der Waals surface area contributed by atoms with E-state index in [2.05, 4.69) is 179 Å². The molecule has 0 aliphatic carbocycles. The van der Waals surface area contributed by atoms with E-state index in [0.717, 1.165) is 50.3 Å². The topological polar surface area (TPSA) is 21.3 Å². The minimum Gasteiger partial charge on any atom is -0.454 e. The quantitative estimate of drug-likeness (QED) is 0.190. The van der Waals surface area contributed by atoms with E-state index in [-0.39, 0.29) is 0 Å². The molecule has 10 rings (SSSR count). The molecule has 0 aliphatic heterocycles. The Kier molecular flexibility index (Phi) is 6.18. The lowest BCUT2D eigenvalue weighted by Gasteiger charge is -2.25. The molecule has 2 aromatic heterocycles. The largest absolute Gasteiger partial charge is 0.454 e. The molecule has 0 spiro atoms. The third-order valence-electron chi connectivity index (χ3n) is 9.77. The first-order chi connectivity index (χ1) is 24.3. The normalized spacial score (nSPS) is 11.7. The Balaban J connectivity index is 1.13. The van der Waals surface area contributed by atoms with Crippen LogP contribution in [0.4, 0.5) is 17.1 Å². The lowest BCUT2D eigenvalue weighted by molar-refractivity contribution is 0.669. The zero-order valence-electron chi connectivity index (χ0n) is 26.6. The van der Waals surface area contributed by atoms with Crippen molar-refractivity contribution in [3.8, 4) is 16.8 Å². The van der Waals surface area contributed by atoms with Gasteiger partial charge in [0.1, 0.15) is 5.58 Å². The van der Waals surface area contributed by atoms with Crippen molar-refractivity contribution in [3.63, 3.8) is 0 Å². The Morgan fingerprint density at radius 2 is 1.08 bits per heavy atom. The summed E-state index contributed by atoms with van der Waals surface area (Å²) in [5, 5.41) is 7.25. The Bertz CT molecular complexity index is 2810. The number of anilines is 3. The molecular formula is C46H30N2O. The number of furan rings is 1. The molecule has 0 fully saturated rings. The predicted octanol–water partition coefficient (Wildman–Crippen LogP) is 13.0. The van der Waals surface area contributed by atoms with Gasteiger partial charge in [0.05, 0.1) is 16.7 Å². The van der Waals surface area contributed by atoms with Gasteiger partial charge in [-0.25, -0.2) is 0 Å². The molecular weight excluding hydrogens is 597 g/mol. The van der Waals surface area contributed by atoms with Gasteiger partial charge in [-0.3, -0.25) is 0 Å². The first-order valence-electron chi connectivity index (χ1n) is 16.7. The molecule has 0 unspecified atom stereocenters. The summed E-state index contributed by atoms with van der Waals surface area (Å²) >= 11 is 0. The summed E-state index contributed by atoms with van der Waals surface area (Å²) in [6.45, 7) is 0. The molecule has 3 heteroatoms. The van der Waals surface area contributed by atoms with Gasteiger partial charge < -0.3 is 13.9 Å². The molecule has 0 saturated carbocycles. The molecule has 0 aliphatic rings. The van der Waals surface area contributed by atoms with Crippen LogP contribution < -0.4 is 4.90 Å². The summed E-state index contributed by atoms with van der Waals surface area (Å²) in [5.41, 5.74) is 10.8. The van der Waals surface area contributed by atoms with Gasteiger partial charge in [0.2, 0.25) is 0 Å². The van der Waals surface area contributed by atoms with Crippen molar-refractivity contribution in [1.29, 1.82) is 0 Å². The standard InChI is InChI=1S/C46H30N2O/c1-3-13-34(14-4-1)47(42-20-11-19-41-39-18-9-10-21-44(39)49-46(41)42)36-26-22-31(23-27-36)33-25-28-38-40-29-24-32-12-7-8-17-37(32)45(40)48(43(38)30-33)35-15-5-2-6-16-35/h1-30H. The Morgan fingerprint density at radius 3 is 1.92 bits per heavy atom. The van der Waals surface area contributed by atoms with Gasteiger partial charge in [0.25, 0.3) is 0 Å². The number of hydrogen-bond donors (Lipinski definition) is 0. The van der Waals surface area contributed by atoms with Crippen molar-refractivity contribution >= 4 is 71.6 Å². The highest BCUT2D eigenvalue weighted by atomic mass is 16.3. The van der Waals surface area contributed by atoms with Crippen LogP contribution in [0, 0.1) is 0 Å². The van der Waals surface area contributed by atoms with Crippen LogP contribution in [0.15, 0.2) is 186 Å². The van der Waals surface area contributed by atoms with Crippen molar-refractivity contribution in [2.24, 2.45) is 0 Å². The van der Waals surface area contributed by atoms with Crippen molar-refractivity contribution < 1.29 is 4.42 Å². The van der Waals surface area contributed by atoms with E-state index in [1.165, 1.54) is 38.1 Å². The lowest BCUT2D eigenvalue weighted by Crippen LogP contribution is -2.10. The first kappa shape index (κ1) is 27.5. The minimum atomic E-state index is 0.878. The maximum atomic E-state index is 6.50. The van der Waals surface area contributed by atoms with Crippen LogP contribution in [0.2, 0.25) is 0 Å². The fourth-order valence-electron chi connectivity index (χ4n) is 7.52. The van der Waals surface area contributed by atoms with Crippen LogP contribution in [0.25, 0.3) is 71.3 Å². The number of fused-ring (bicyclic) bond motifs is 8. The van der Waals surface area contributed by atoms with Crippen LogP contribution in [0.5, 0.6) is 0 Å². The second-order valence-electron chi connectivity index (χ2n) is 12.6. The number of para-hydroxylation sites is 4. The van der Waals surface area contributed by atoms with Crippen LogP contribution in [0.1, 0.15) is 0 Å². The maximum Gasteiger partial charge on any atom is 0.159 e. The monoisotopic (exact) mass is 626 g/mol. The smallest absolute Gasteiger partial charge is 0.159 e. The molecule has 0 N–H and O–H groups in total. The van der Waals surface area contributed by atoms with E-state index in [1.807, 2.05) is 12.1 Å². The fraction of sp³-hybridized carbons (Fsp3) is 0. The van der Waals surface area contributed by atoms with Gasteiger partial charge in [-0.05, 0) is 71.1 Å². The summed E-state index contributed by atoms with van der Waals surface area (Å²) in [4.78, 5) is 2.29. The molecule has 0 saturated heterocycles. The third-order valence-corrected chi connectivity index (χ3v) is 9.77. The molecule has 0 radical (unpaired) electrons. The van der Waals surface area contributed by atoms with E-state index >= 15 is 0 Å². The first-order valence-corrected chi connectivity index (χ1v) is 16.7. The number of nitrogens with zero attached hydrogens (tertiary/aromatic N) is 2. The van der Waals surface area contributed by atoms with Crippen LogP contribution in [0.3, 0.4) is 0 Å². The van der Waals surface area contributed by atoms with Gasteiger partial charge in [-0.1, -0.05) is 127 Å². The maximum absolute atomic E-state index is 6.50. The lowest BCUT2D eigenvalue weighted by atomic mass is 10.0. The average molecular weight is 627 g/mol. The van der Waals surface area contributed by atoms with E-state index in [0.29, 0.717) is 0 Å². The zero-order chi connectivity index (χ0) is 32.3. The summed E-state index contributed by atoms with van der Waals surface area (Å²) in [6.07, 6.45) is 0. The Hall–Kier alpha value is -6.58. The molecule has 0 atom stereocenters. The van der Waals surface area contributed by atoms with E-state index in [1.54, 1.807) is 0 Å². The fourth-order valence-corrected chi connectivity index (χ4v) is 7.52. The van der Waals surface area contributed by atoms with Gasteiger partial charge >= 0.3 is 0 Å². The minimum absolute atomic E-state index is 0.878. The zero-order valence-corrected chi connectivity index (χ0v) is 26.6. The molecule has 8 aromatic carbocycles. The summed E-state index contributed by atoms with van der Waals surface area (Å²) in [6, 6.07) is 64.9. The number of rotatable bonds is 5. The van der Waals surface area contributed by atoms with Gasteiger partial charge in [-0.2, -0.15) is 0 Å². The summed E-state index contributed by atoms with van der Waals surface area (Å²) < 4.78 is 8.92. The molecule has 230 valence electrons. The molecule has 49 heavy (non-hydrogen) atoms. The molecule has 10 aromatic rings. The average Bonchev–Trinajstić information content (AvgIpc) is 3.72. The van der Waals surface area contributed by atoms with Gasteiger partial charge in [0.15, 0.2) is 5.58 Å². The second-order valence-corrected chi connectivity index (χ2v) is 12.6. The van der Waals surface area contributed by atoms with E-state index in [9.17, 15) is 0 Å². The molecule has 0 bridgehead atoms. The highest BCUT2D eigenvalue weighted by Gasteiger charge is 2.20. The number of hydrogen-bond acceptors (Lipinski definition) is 2. The Morgan fingerprint density at radius 1 is 0.429 bits per heavy atom. The van der Waals surface area contributed by atoms with Crippen molar-refractivity contribution in [2.45, 2.75) is 0 Å². The third kappa shape index (κ3) is 4.37. The van der Waals surface area contributed by atoms with Crippen LogP contribution in [-0.4, -0.2) is 4.57 Å².